The van der Waals surface area contributed by atoms with Crippen molar-refractivity contribution in [1.29, 1.82) is 0 Å². The summed E-state index contributed by atoms with van der Waals surface area (Å²) in [6, 6.07) is 7.83. The molecule has 0 saturated carbocycles. The predicted octanol–water partition coefficient (Wildman–Crippen LogP) is 1.75. The highest BCUT2D eigenvalue weighted by Crippen LogP contribution is 2.12. The van der Waals surface area contributed by atoms with Gasteiger partial charge < -0.3 is 9.84 Å². The van der Waals surface area contributed by atoms with Gasteiger partial charge in [0.25, 0.3) is 0 Å². The molecule has 100 valence electrons. The monoisotopic (exact) mass is 261 g/mol. The molecule has 0 amide bonds. The summed E-state index contributed by atoms with van der Waals surface area (Å²) in [6.07, 6.45) is 2.14. The SMILES string of the molecule is Cc1cccc(OCCCn2cc(C(=O)O)nn2)c1. The van der Waals surface area contributed by atoms with Crippen molar-refractivity contribution in [1.82, 2.24) is 15.0 Å². The Hall–Kier alpha value is -2.37. The first-order valence-electron chi connectivity index (χ1n) is 5.98. The summed E-state index contributed by atoms with van der Waals surface area (Å²) in [5.74, 6) is -0.230. The summed E-state index contributed by atoms with van der Waals surface area (Å²) in [5.41, 5.74) is 1.11. The summed E-state index contributed by atoms with van der Waals surface area (Å²) >= 11 is 0. The van der Waals surface area contributed by atoms with Crippen LogP contribution in [-0.4, -0.2) is 32.7 Å². The van der Waals surface area contributed by atoms with E-state index in [9.17, 15) is 4.79 Å². The number of carbonyl (C=O) groups is 1. The van der Waals surface area contributed by atoms with Crippen molar-refractivity contribution < 1.29 is 14.6 Å². The lowest BCUT2D eigenvalue weighted by molar-refractivity contribution is 0.0690. The van der Waals surface area contributed by atoms with Gasteiger partial charge in [-0.3, -0.25) is 4.68 Å². The molecule has 19 heavy (non-hydrogen) atoms. The van der Waals surface area contributed by atoms with E-state index in [1.807, 2.05) is 31.2 Å². The number of aromatic nitrogens is 3. The maximum absolute atomic E-state index is 10.6. The van der Waals surface area contributed by atoms with Crippen LogP contribution < -0.4 is 4.74 Å². The molecule has 1 aromatic heterocycles. The molecule has 0 atom stereocenters. The second kappa shape index (κ2) is 5.99. The summed E-state index contributed by atoms with van der Waals surface area (Å²) < 4.78 is 7.09. The quantitative estimate of drug-likeness (QED) is 0.802. The van der Waals surface area contributed by atoms with Gasteiger partial charge in [0.2, 0.25) is 0 Å². The van der Waals surface area contributed by atoms with E-state index in [0.717, 1.165) is 17.7 Å². The summed E-state index contributed by atoms with van der Waals surface area (Å²) in [5, 5.41) is 16.0. The van der Waals surface area contributed by atoms with Crippen LogP contribution in [0.5, 0.6) is 5.75 Å². The molecule has 1 heterocycles. The minimum Gasteiger partial charge on any atom is -0.494 e. The van der Waals surface area contributed by atoms with Crippen molar-refractivity contribution in [3.05, 3.63) is 41.7 Å². The fourth-order valence-electron chi connectivity index (χ4n) is 1.63. The number of carboxylic acid groups (broad SMARTS) is 1. The molecule has 0 aliphatic heterocycles. The van der Waals surface area contributed by atoms with E-state index in [0.29, 0.717) is 13.2 Å². The number of rotatable bonds is 6. The van der Waals surface area contributed by atoms with Crippen LogP contribution in [0.25, 0.3) is 0 Å². The molecule has 2 aromatic rings. The average Bonchev–Trinajstić information content (AvgIpc) is 2.84. The first kappa shape index (κ1) is 13.1. The fraction of sp³-hybridized carbons (Fsp3) is 0.308. The number of ether oxygens (including phenoxy) is 1. The molecule has 1 N–H and O–H groups in total. The molecule has 0 radical (unpaired) electrons. The lowest BCUT2D eigenvalue weighted by atomic mass is 10.2. The molecule has 0 unspecified atom stereocenters. The predicted molar refractivity (Wildman–Crippen MR) is 68.3 cm³/mol. The number of aryl methyl sites for hydroxylation is 2. The third-order valence-corrected chi connectivity index (χ3v) is 2.55. The number of benzene rings is 1. The molecule has 0 bridgehead atoms. The molecular weight excluding hydrogens is 246 g/mol. The van der Waals surface area contributed by atoms with E-state index in [-0.39, 0.29) is 5.69 Å². The maximum atomic E-state index is 10.6. The number of aromatic carboxylic acids is 1. The minimum atomic E-state index is -1.07. The molecule has 2 rings (SSSR count). The average molecular weight is 261 g/mol. The van der Waals surface area contributed by atoms with Crippen molar-refractivity contribution in [2.75, 3.05) is 6.61 Å². The number of hydrogen-bond donors (Lipinski definition) is 1. The molecule has 0 spiro atoms. The normalized spacial score (nSPS) is 10.4. The van der Waals surface area contributed by atoms with Crippen molar-refractivity contribution in [3.8, 4) is 5.75 Å². The second-order valence-electron chi connectivity index (χ2n) is 4.19. The Morgan fingerprint density at radius 3 is 3.00 bits per heavy atom. The first-order chi connectivity index (χ1) is 9.15. The largest absolute Gasteiger partial charge is 0.494 e. The minimum absolute atomic E-state index is 0.0420. The van der Waals surface area contributed by atoms with Crippen LogP contribution in [0.4, 0.5) is 0 Å². The van der Waals surface area contributed by atoms with Gasteiger partial charge in [0, 0.05) is 13.0 Å². The number of nitrogens with zero attached hydrogens (tertiary/aromatic N) is 3. The Balaban J connectivity index is 1.76. The smallest absolute Gasteiger partial charge is 0.358 e. The summed E-state index contributed by atoms with van der Waals surface area (Å²) in [4.78, 5) is 10.6. The second-order valence-corrected chi connectivity index (χ2v) is 4.19. The Morgan fingerprint density at radius 2 is 2.32 bits per heavy atom. The Kier molecular flexibility index (Phi) is 4.12. The highest BCUT2D eigenvalue weighted by molar-refractivity contribution is 5.84. The number of carboxylic acids is 1. The van der Waals surface area contributed by atoms with Gasteiger partial charge in [-0.05, 0) is 24.6 Å². The highest BCUT2D eigenvalue weighted by atomic mass is 16.5. The van der Waals surface area contributed by atoms with Crippen LogP contribution >= 0.6 is 0 Å². The topological polar surface area (TPSA) is 77.2 Å². The van der Waals surface area contributed by atoms with Crippen molar-refractivity contribution in [3.63, 3.8) is 0 Å². The van der Waals surface area contributed by atoms with Crippen LogP contribution in [0.15, 0.2) is 30.5 Å². The van der Waals surface area contributed by atoms with Gasteiger partial charge in [0.05, 0.1) is 12.8 Å². The van der Waals surface area contributed by atoms with Crippen LogP contribution in [-0.2, 0) is 6.54 Å². The van der Waals surface area contributed by atoms with Crippen molar-refractivity contribution >= 4 is 5.97 Å². The van der Waals surface area contributed by atoms with E-state index < -0.39 is 5.97 Å². The summed E-state index contributed by atoms with van der Waals surface area (Å²) in [6.45, 7) is 3.13. The molecular formula is C13H15N3O3. The van der Waals surface area contributed by atoms with Gasteiger partial charge in [-0.15, -0.1) is 5.10 Å². The Bertz CT molecular complexity index is 566. The van der Waals surface area contributed by atoms with Gasteiger partial charge in [-0.1, -0.05) is 17.3 Å². The van der Waals surface area contributed by atoms with Gasteiger partial charge in [0.1, 0.15) is 5.75 Å². The molecule has 6 nitrogen and oxygen atoms in total. The van der Waals surface area contributed by atoms with Gasteiger partial charge in [0.15, 0.2) is 5.69 Å². The Labute approximate surface area is 110 Å². The van der Waals surface area contributed by atoms with Crippen molar-refractivity contribution in [2.45, 2.75) is 19.9 Å². The van der Waals surface area contributed by atoms with Gasteiger partial charge in [-0.2, -0.15) is 0 Å². The zero-order valence-electron chi connectivity index (χ0n) is 10.6. The molecule has 1 aromatic carbocycles. The first-order valence-corrected chi connectivity index (χ1v) is 5.98. The fourth-order valence-corrected chi connectivity index (χ4v) is 1.63. The van der Waals surface area contributed by atoms with Crippen molar-refractivity contribution in [2.24, 2.45) is 0 Å². The third kappa shape index (κ3) is 3.80. The van der Waals surface area contributed by atoms with E-state index in [4.69, 9.17) is 9.84 Å². The molecule has 0 fully saturated rings. The highest BCUT2D eigenvalue weighted by Gasteiger charge is 2.07. The molecule has 0 saturated heterocycles. The maximum Gasteiger partial charge on any atom is 0.358 e. The van der Waals surface area contributed by atoms with E-state index in [2.05, 4.69) is 10.3 Å². The summed E-state index contributed by atoms with van der Waals surface area (Å²) in [7, 11) is 0. The number of hydrogen-bond acceptors (Lipinski definition) is 4. The Morgan fingerprint density at radius 1 is 1.47 bits per heavy atom. The van der Waals surface area contributed by atoms with Crippen LogP contribution in [0, 0.1) is 6.92 Å². The molecule has 6 heteroatoms. The molecule has 0 aliphatic carbocycles. The lowest BCUT2D eigenvalue weighted by Crippen LogP contribution is -2.05. The van der Waals surface area contributed by atoms with Crippen LogP contribution in [0.1, 0.15) is 22.5 Å². The van der Waals surface area contributed by atoms with Gasteiger partial charge in [-0.25, -0.2) is 4.79 Å². The van der Waals surface area contributed by atoms with E-state index in [1.54, 1.807) is 0 Å². The zero-order valence-corrected chi connectivity index (χ0v) is 10.6. The molecule has 0 aliphatic rings. The van der Waals surface area contributed by atoms with Crippen LogP contribution in [0.2, 0.25) is 0 Å². The van der Waals surface area contributed by atoms with Crippen LogP contribution in [0.3, 0.4) is 0 Å². The van der Waals surface area contributed by atoms with Gasteiger partial charge >= 0.3 is 5.97 Å². The third-order valence-electron chi connectivity index (χ3n) is 2.55. The lowest BCUT2D eigenvalue weighted by Gasteiger charge is -2.06. The standard InChI is InChI=1S/C13H15N3O3/c1-10-4-2-5-11(8-10)19-7-3-6-16-9-12(13(17)18)14-15-16/h2,4-5,8-9H,3,6-7H2,1H3,(H,17,18). The van der Waals surface area contributed by atoms with E-state index in [1.165, 1.54) is 10.9 Å². The zero-order chi connectivity index (χ0) is 13.7. The van der Waals surface area contributed by atoms with E-state index >= 15 is 0 Å².